The number of nitrogens with zero attached hydrogens (tertiary/aromatic N) is 4. The molecule has 7 heteroatoms. The highest BCUT2D eigenvalue weighted by Crippen LogP contribution is 2.28. The molecule has 2 aliphatic rings. The molecule has 3 rings (SSSR count). The average molecular weight is 376 g/mol. The van der Waals surface area contributed by atoms with Gasteiger partial charge in [-0.3, -0.25) is 4.99 Å². The van der Waals surface area contributed by atoms with Crippen LogP contribution in [0.4, 0.5) is 5.69 Å². The topological polar surface area (TPSA) is 52.6 Å². The number of likely N-dealkylation sites (N-methyl/N-ethyl adjacent to an activating group) is 1. The van der Waals surface area contributed by atoms with Gasteiger partial charge >= 0.3 is 0 Å². The first-order valence-corrected chi connectivity index (χ1v) is 9.92. The van der Waals surface area contributed by atoms with Crippen molar-refractivity contribution in [2.75, 3.05) is 78.0 Å². The molecular formula is C20H33N5O2. The molecule has 1 aromatic carbocycles. The molecule has 0 spiro atoms. The van der Waals surface area contributed by atoms with Crippen molar-refractivity contribution >= 4 is 11.6 Å². The molecule has 0 aromatic heterocycles. The van der Waals surface area contributed by atoms with Gasteiger partial charge in [-0.2, -0.15) is 0 Å². The fourth-order valence-corrected chi connectivity index (χ4v) is 3.64. The normalized spacial score (nSPS) is 22.0. The first-order chi connectivity index (χ1) is 13.2. The van der Waals surface area contributed by atoms with Crippen molar-refractivity contribution in [3.05, 3.63) is 24.3 Å². The summed E-state index contributed by atoms with van der Waals surface area (Å²) in [7, 11) is 3.87. The summed E-state index contributed by atoms with van der Waals surface area (Å²) in [5.41, 5.74) is 1.17. The van der Waals surface area contributed by atoms with Crippen LogP contribution < -0.4 is 15.0 Å². The van der Waals surface area contributed by atoms with Crippen molar-refractivity contribution in [2.24, 2.45) is 4.99 Å². The van der Waals surface area contributed by atoms with Gasteiger partial charge in [0.1, 0.15) is 5.75 Å². The van der Waals surface area contributed by atoms with Crippen LogP contribution in [-0.2, 0) is 4.74 Å². The minimum absolute atomic E-state index is 0.187. The molecule has 2 aliphatic heterocycles. The molecule has 0 aliphatic carbocycles. The SMILES string of the molecule is CCNC(=NCC1CN(C)CCO1)N1CCN(c2ccccc2OC)CC1. The van der Waals surface area contributed by atoms with Crippen LogP contribution in [0.5, 0.6) is 5.75 Å². The van der Waals surface area contributed by atoms with Gasteiger partial charge in [-0.15, -0.1) is 0 Å². The van der Waals surface area contributed by atoms with Crippen LogP contribution in [0.2, 0.25) is 0 Å². The summed E-state index contributed by atoms with van der Waals surface area (Å²) in [5, 5.41) is 3.44. The van der Waals surface area contributed by atoms with Crippen LogP contribution in [0.3, 0.4) is 0 Å². The molecule has 2 fully saturated rings. The van der Waals surface area contributed by atoms with Gasteiger partial charge in [0.2, 0.25) is 0 Å². The summed E-state index contributed by atoms with van der Waals surface area (Å²) in [6.45, 7) is 10.2. The lowest BCUT2D eigenvalue weighted by Crippen LogP contribution is -2.53. The lowest BCUT2D eigenvalue weighted by Gasteiger charge is -2.38. The number of guanidine groups is 1. The van der Waals surface area contributed by atoms with Gasteiger partial charge in [0, 0.05) is 45.8 Å². The number of para-hydroxylation sites is 2. The van der Waals surface area contributed by atoms with Crippen LogP contribution in [0, 0.1) is 0 Å². The third-order valence-electron chi connectivity index (χ3n) is 5.13. The number of piperazine rings is 1. The van der Waals surface area contributed by atoms with Crippen LogP contribution in [0.25, 0.3) is 0 Å². The quantitative estimate of drug-likeness (QED) is 0.615. The zero-order valence-electron chi connectivity index (χ0n) is 16.9. The Balaban J connectivity index is 1.58. The summed E-state index contributed by atoms with van der Waals surface area (Å²) in [6, 6.07) is 8.23. The van der Waals surface area contributed by atoms with Crippen LogP contribution >= 0.6 is 0 Å². The average Bonchev–Trinajstić information content (AvgIpc) is 2.71. The monoisotopic (exact) mass is 375 g/mol. The Labute approximate surface area is 162 Å². The standard InChI is InChI=1S/C20H33N5O2/c1-4-21-20(22-15-17-16-23(2)13-14-27-17)25-11-9-24(10-12-25)18-7-5-6-8-19(18)26-3/h5-8,17H,4,9-16H2,1-3H3,(H,21,22). The van der Waals surface area contributed by atoms with Crippen LogP contribution in [-0.4, -0.2) is 95.0 Å². The van der Waals surface area contributed by atoms with Gasteiger partial charge in [-0.1, -0.05) is 12.1 Å². The maximum atomic E-state index is 5.85. The van der Waals surface area contributed by atoms with E-state index in [1.54, 1.807) is 7.11 Å². The van der Waals surface area contributed by atoms with E-state index >= 15 is 0 Å². The Morgan fingerprint density at radius 1 is 1.22 bits per heavy atom. The molecule has 2 heterocycles. The second-order valence-corrected chi connectivity index (χ2v) is 7.10. The molecule has 1 atom stereocenters. The van der Waals surface area contributed by atoms with E-state index in [0.29, 0.717) is 6.54 Å². The lowest BCUT2D eigenvalue weighted by atomic mass is 10.2. The molecule has 2 saturated heterocycles. The molecule has 1 aromatic rings. The highest BCUT2D eigenvalue weighted by molar-refractivity contribution is 5.80. The van der Waals surface area contributed by atoms with E-state index < -0.39 is 0 Å². The molecule has 7 nitrogen and oxygen atoms in total. The van der Waals surface area contributed by atoms with Gasteiger partial charge in [0.25, 0.3) is 0 Å². The molecule has 0 bridgehead atoms. The van der Waals surface area contributed by atoms with Crippen molar-refractivity contribution in [3.8, 4) is 5.75 Å². The molecule has 1 N–H and O–H groups in total. The van der Waals surface area contributed by atoms with Crippen molar-refractivity contribution in [2.45, 2.75) is 13.0 Å². The Hall–Kier alpha value is -1.99. The van der Waals surface area contributed by atoms with Crippen molar-refractivity contribution in [3.63, 3.8) is 0 Å². The van der Waals surface area contributed by atoms with Gasteiger partial charge in [-0.25, -0.2) is 0 Å². The van der Waals surface area contributed by atoms with Crippen molar-refractivity contribution < 1.29 is 9.47 Å². The molecule has 1 unspecified atom stereocenters. The third-order valence-corrected chi connectivity index (χ3v) is 5.13. The summed E-state index contributed by atoms with van der Waals surface area (Å²) in [5.74, 6) is 1.93. The summed E-state index contributed by atoms with van der Waals surface area (Å²) in [4.78, 5) is 11.9. The first kappa shape index (κ1) is 19.8. The van der Waals surface area contributed by atoms with Gasteiger partial charge in [-0.05, 0) is 26.1 Å². The zero-order chi connectivity index (χ0) is 19.1. The largest absolute Gasteiger partial charge is 0.495 e. The second kappa shape index (κ2) is 9.80. The molecule has 0 saturated carbocycles. The van der Waals surface area contributed by atoms with E-state index in [0.717, 1.165) is 64.1 Å². The number of nitrogens with one attached hydrogen (secondary N) is 1. The lowest BCUT2D eigenvalue weighted by molar-refractivity contribution is -0.0137. The van der Waals surface area contributed by atoms with E-state index in [-0.39, 0.29) is 6.10 Å². The Morgan fingerprint density at radius 3 is 2.70 bits per heavy atom. The van der Waals surface area contributed by atoms with Crippen molar-refractivity contribution in [1.29, 1.82) is 0 Å². The van der Waals surface area contributed by atoms with Gasteiger partial charge in [0.05, 0.1) is 32.1 Å². The number of hydrogen-bond acceptors (Lipinski definition) is 5. The fourth-order valence-electron chi connectivity index (χ4n) is 3.64. The van der Waals surface area contributed by atoms with E-state index in [2.05, 4.69) is 46.1 Å². The number of benzene rings is 1. The molecule has 0 radical (unpaired) electrons. The predicted octanol–water partition coefficient (Wildman–Crippen LogP) is 1.11. The Morgan fingerprint density at radius 2 is 2.00 bits per heavy atom. The Bertz CT molecular complexity index is 616. The molecule has 27 heavy (non-hydrogen) atoms. The number of methoxy groups -OCH3 is 1. The maximum absolute atomic E-state index is 5.85. The number of hydrogen-bond donors (Lipinski definition) is 1. The minimum atomic E-state index is 0.187. The molecule has 150 valence electrons. The molecular weight excluding hydrogens is 342 g/mol. The first-order valence-electron chi connectivity index (χ1n) is 9.92. The molecule has 0 amide bonds. The van der Waals surface area contributed by atoms with E-state index in [1.165, 1.54) is 5.69 Å². The number of anilines is 1. The van der Waals surface area contributed by atoms with Crippen LogP contribution in [0.1, 0.15) is 6.92 Å². The zero-order valence-corrected chi connectivity index (χ0v) is 16.9. The fraction of sp³-hybridized carbons (Fsp3) is 0.650. The smallest absolute Gasteiger partial charge is 0.194 e. The second-order valence-electron chi connectivity index (χ2n) is 7.10. The minimum Gasteiger partial charge on any atom is -0.495 e. The predicted molar refractivity (Wildman–Crippen MR) is 110 cm³/mol. The van der Waals surface area contributed by atoms with E-state index in [4.69, 9.17) is 14.5 Å². The highest BCUT2D eigenvalue weighted by atomic mass is 16.5. The summed E-state index contributed by atoms with van der Waals surface area (Å²) in [6.07, 6.45) is 0.187. The summed E-state index contributed by atoms with van der Waals surface area (Å²) < 4.78 is 11.4. The van der Waals surface area contributed by atoms with E-state index in [1.807, 2.05) is 12.1 Å². The number of ether oxygens (including phenoxy) is 2. The number of morpholine rings is 1. The Kier molecular flexibility index (Phi) is 7.18. The van der Waals surface area contributed by atoms with E-state index in [9.17, 15) is 0 Å². The number of aliphatic imine (C=N–C) groups is 1. The summed E-state index contributed by atoms with van der Waals surface area (Å²) >= 11 is 0. The van der Waals surface area contributed by atoms with Crippen molar-refractivity contribution in [1.82, 2.24) is 15.1 Å². The third kappa shape index (κ3) is 5.26. The van der Waals surface area contributed by atoms with Gasteiger partial charge in [0.15, 0.2) is 5.96 Å². The highest BCUT2D eigenvalue weighted by Gasteiger charge is 2.23. The number of rotatable bonds is 5. The van der Waals surface area contributed by atoms with Crippen LogP contribution in [0.15, 0.2) is 29.3 Å². The van der Waals surface area contributed by atoms with Gasteiger partial charge < -0.3 is 29.5 Å². The maximum Gasteiger partial charge on any atom is 0.194 e.